The third-order valence-corrected chi connectivity index (χ3v) is 3.37. The molecule has 0 spiro atoms. The zero-order chi connectivity index (χ0) is 11.4. The molecule has 88 valence electrons. The first-order valence-corrected chi connectivity index (χ1v) is 6.01. The van der Waals surface area contributed by atoms with Gasteiger partial charge in [0, 0.05) is 18.0 Å². The molecule has 1 heterocycles. The van der Waals surface area contributed by atoms with Crippen LogP contribution in [0.5, 0.6) is 0 Å². The fourth-order valence-electron chi connectivity index (χ4n) is 2.51. The van der Waals surface area contributed by atoms with Crippen molar-refractivity contribution in [3.05, 3.63) is 17.5 Å². The fourth-order valence-corrected chi connectivity index (χ4v) is 2.51. The number of H-pyrrole nitrogens is 1. The summed E-state index contributed by atoms with van der Waals surface area (Å²) in [6.45, 7) is 0. The maximum absolute atomic E-state index is 10.6. The topological polar surface area (TPSA) is 66.0 Å². The van der Waals surface area contributed by atoms with E-state index in [1.807, 2.05) is 0 Å². The molecule has 0 unspecified atom stereocenters. The largest absolute Gasteiger partial charge is 0.481 e. The highest BCUT2D eigenvalue weighted by Crippen LogP contribution is 2.33. The maximum atomic E-state index is 10.6. The van der Waals surface area contributed by atoms with Gasteiger partial charge in [-0.15, -0.1) is 0 Å². The molecule has 16 heavy (non-hydrogen) atoms. The summed E-state index contributed by atoms with van der Waals surface area (Å²) in [5.74, 6) is -0.171. The molecule has 0 aromatic carbocycles. The zero-order valence-electron chi connectivity index (χ0n) is 9.41. The highest BCUT2D eigenvalue weighted by molar-refractivity contribution is 5.67. The molecule has 0 bridgehead atoms. The zero-order valence-corrected chi connectivity index (χ0v) is 9.41. The first kappa shape index (κ1) is 11.2. The predicted octanol–water partition coefficient (Wildman–Crippen LogP) is 2.47. The van der Waals surface area contributed by atoms with E-state index < -0.39 is 5.97 Å². The molecule has 1 saturated carbocycles. The van der Waals surface area contributed by atoms with Crippen molar-refractivity contribution in [3.8, 4) is 0 Å². The van der Waals surface area contributed by atoms with Gasteiger partial charge in [0.15, 0.2) is 0 Å². The lowest BCUT2D eigenvalue weighted by Gasteiger charge is -2.21. The summed E-state index contributed by atoms with van der Waals surface area (Å²) in [5, 5.41) is 15.8. The van der Waals surface area contributed by atoms with Gasteiger partial charge in [-0.2, -0.15) is 5.10 Å². The van der Waals surface area contributed by atoms with Crippen molar-refractivity contribution in [2.75, 3.05) is 0 Å². The Hall–Kier alpha value is -1.32. The molecule has 1 aliphatic carbocycles. The molecule has 0 saturated heterocycles. The molecule has 0 radical (unpaired) electrons. The van der Waals surface area contributed by atoms with Crippen molar-refractivity contribution < 1.29 is 9.90 Å². The Balaban J connectivity index is 2.02. The van der Waals surface area contributed by atoms with Gasteiger partial charge in [0.1, 0.15) is 0 Å². The SMILES string of the molecule is O=C(O)CCc1cn[nH]c1C1CCCCC1. The number of carboxylic acids is 1. The maximum Gasteiger partial charge on any atom is 0.303 e. The molecule has 1 aliphatic rings. The van der Waals surface area contributed by atoms with Crippen LogP contribution in [-0.2, 0) is 11.2 Å². The number of nitrogens with one attached hydrogen (secondary N) is 1. The number of carboxylic acid groups (broad SMARTS) is 1. The summed E-state index contributed by atoms with van der Waals surface area (Å²) in [5.41, 5.74) is 2.27. The van der Waals surface area contributed by atoms with Crippen molar-refractivity contribution in [3.63, 3.8) is 0 Å². The molecule has 0 atom stereocenters. The second kappa shape index (κ2) is 5.14. The Kier molecular flexibility index (Phi) is 3.59. The van der Waals surface area contributed by atoms with E-state index in [0.717, 1.165) is 5.56 Å². The van der Waals surface area contributed by atoms with Crippen molar-refractivity contribution in [2.45, 2.75) is 50.9 Å². The number of aliphatic carboxylic acids is 1. The van der Waals surface area contributed by atoms with Crippen LogP contribution in [0.15, 0.2) is 6.20 Å². The summed E-state index contributed by atoms with van der Waals surface area (Å²) in [6.07, 6.45) is 8.88. The van der Waals surface area contributed by atoms with Crippen LogP contribution in [0.1, 0.15) is 55.7 Å². The number of nitrogens with zero attached hydrogens (tertiary/aromatic N) is 1. The number of aromatic nitrogens is 2. The van der Waals surface area contributed by atoms with Crippen LogP contribution in [0, 0.1) is 0 Å². The average molecular weight is 222 g/mol. The minimum absolute atomic E-state index is 0.194. The monoisotopic (exact) mass is 222 g/mol. The van der Waals surface area contributed by atoms with E-state index in [1.54, 1.807) is 6.20 Å². The second-order valence-corrected chi connectivity index (χ2v) is 4.54. The molecular weight excluding hydrogens is 204 g/mol. The van der Waals surface area contributed by atoms with Gasteiger partial charge in [-0.05, 0) is 24.8 Å². The molecule has 2 rings (SSSR count). The molecule has 1 fully saturated rings. The number of aryl methyl sites for hydroxylation is 1. The molecule has 2 N–H and O–H groups in total. The van der Waals surface area contributed by atoms with E-state index in [0.29, 0.717) is 12.3 Å². The van der Waals surface area contributed by atoms with Crippen molar-refractivity contribution >= 4 is 5.97 Å². The van der Waals surface area contributed by atoms with Gasteiger partial charge in [0.2, 0.25) is 0 Å². The normalized spacial score (nSPS) is 17.5. The van der Waals surface area contributed by atoms with E-state index in [4.69, 9.17) is 5.11 Å². The fraction of sp³-hybridized carbons (Fsp3) is 0.667. The summed E-state index contributed by atoms with van der Waals surface area (Å²) in [7, 11) is 0. The number of hydrogen-bond acceptors (Lipinski definition) is 2. The van der Waals surface area contributed by atoms with Gasteiger partial charge >= 0.3 is 5.97 Å². The summed E-state index contributed by atoms with van der Waals surface area (Å²) in [6, 6.07) is 0. The Morgan fingerprint density at radius 2 is 2.19 bits per heavy atom. The van der Waals surface area contributed by atoms with Crippen LogP contribution < -0.4 is 0 Å². The molecule has 1 aromatic heterocycles. The van der Waals surface area contributed by atoms with Crippen LogP contribution in [0.2, 0.25) is 0 Å². The molecule has 0 amide bonds. The first-order chi connectivity index (χ1) is 7.77. The Labute approximate surface area is 95.1 Å². The van der Waals surface area contributed by atoms with Gasteiger partial charge in [-0.3, -0.25) is 9.89 Å². The predicted molar refractivity (Wildman–Crippen MR) is 60.4 cm³/mol. The van der Waals surface area contributed by atoms with Gasteiger partial charge in [-0.1, -0.05) is 19.3 Å². The summed E-state index contributed by atoms with van der Waals surface area (Å²) < 4.78 is 0. The van der Waals surface area contributed by atoms with E-state index in [9.17, 15) is 4.79 Å². The molecule has 0 aliphatic heterocycles. The van der Waals surface area contributed by atoms with E-state index in [2.05, 4.69) is 10.2 Å². The lowest BCUT2D eigenvalue weighted by atomic mass is 9.85. The van der Waals surface area contributed by atoms with Crippen molar-refractivity contribution in [1.82, 2.24) is 10.2 Å². The average Bonchev–Trinajstić information content (AvgIpc) is 2.75. The molecule has 4 heteroatoms. The molecule has 4 nitrogen and oxygen atoms in total. The van der Waals surface area contributed by atoms with E-state index in [1.165, 1.54) is 37.8 Å². The van der Waals surface area contributed by atoms with Crippen molar-refractivity contribution in [2.24, 2.45) is 0 Å². The second-order valence-electron chi connectivity index (χ2n) is 4.54. The summed E-state index contributed by atoms with van der Waals surface area (Å²) >= 11 is 0. The molecular formula is C12H18N2O2. The number of aromatic amines is 1. The minimum atomic E-state index is -0.740. The Morgan fingerprint density at radius 1 is 1.44 bits per heavy atom. The molecule has 1 aromatic rings. The van der Waals surface area contributed by atoms with Gasteiger partial charge in [0.05, 0.1) is 6.20 Å². The van der Waals surface area contributed by atoms with E-state index >= 15 is 0 Å². The number of rotatable bonds is 4. The third kappa shape index (κ3) is 2.62. The van der Waals surface area contributed by atoms with Crippen LogP contribution in [0.4, 0.5) is 0 Å². The van der Waals surface area contributed by atoms with E-state index in [-0.39, 0.29) is 6.42 Å². The first-order valence-electron chi connectivity index (χ1n) is 6.01. The summed E-state index contributed by atoms with van der Waals surface area (Å²) in [4.78, 5) is 10.6. The van der Waals surface area contributed by atoms with Gasteiger partial charge in [0.25, 0.3) is 0 Å². The third-order valence-electron chi connectivity index (χ3n) is 3.37. The van der Waals surface area contributed by atoms with Crippen LogP contribution in [-0.4, -0.2) is 21.3 Å². The van der Waals surface area contributed by atoms with Crippen LogP contribution in [0.3, 0.4) is 0 Å². The van der Waals surface area contributed by atoms with Crippen molar-refractivity contribution in [1.29, 1.82) is 0 Å². The standard InChI is InChI=1S/C12H18N2O2/c15-11(16)7-6-10-8-13-14-12(10)9-4-2-1-3-5-9/h8-9H,1-7H2,(H,13,14)(H,15,16). The highest BCUT2D eigenvalue weighted by atomic mass is 16.4. The van der Waals surface area contributed by atoms with Gasteiger partial charge < -0.3 is 5.11 Å². The lowest BCUT2D eigenvalue weighted by molar-refractivity contribution is -0.136. The van der Waals surface area contributed by atoms with Gasteiger partial charge in [-0.25, -0.2) is 0 Å². The smallest absolute Gasteiger partial charge is 0.303 e. The highest BCUT2D eigenvalue weighted by Gasteiger charge is 2.20. The number of carbonyl (C=O) groups is 1. The Bertz CT molecular complexity index is 354. The quantitative estimate of drug-likeness (QED) is 0.822. The van der Waals surface area contributed by atoms with Crippen LogP contribution in [0.25, 0.3) is 0 Å². The lowest BCUT2D eigenvalue weighted by Crippen LogP contribution is -2.08. The number of hydrogen-bond donors (Lipinski definition) is 2. The van der Waals surface area contributed by atoms with Crippen LogP contribution >= 0.6 is 0 Å². The minimum Gasteiger partial charge on any atom is -0.481 e. The Morgan fingerprint density at radius 3 is 2.88 bits per heavy atom.